The molecular formula is C11H15N. The minimum absolute atomic E-state index is 1.11. The molecule has 12 heavy (non-hydrogen) atoms. The molecule has 0 aromatic heterocycles. The average molecular weight is 161 g/mol. The molecule has 0 saturated carbocycles. The number of aryl methyl sites for hydroxylation is 1. The summed E-state index contributed by atoms with van der Waals surface area (Å²) in [5, 5.41) is 3.16. The number of rotatable bonds is 2. The topological polar surface area (TPSA) is 12.0 Å². The molecule has 0 aliphatic carbocycles. The largest absolute Gasteiger partial charge is 0.388 e. The Balaban J connectivity index is 3.29. The molecule has 0 heterocycles. The molecule has 1 aromatic carbocycles. The van der Waals surface area contributed by atoms with Crippen molar-refractivity contribution in [2.75, 3.05) is 12.4 Å². The first-order valence-corrected chi connectivity index (χ1v) is 4.10. The fraction of sp³-hybridized carbons (Fsp3) is 0.273. The van der Waals surface area contributed by atoms with Crippen molar-refractivity contribution in [3.05, 3.63) is 35.9 Å². The lowest BCUT2D eigenvalue weighted by atomic mass is 10.0. The fourth-order valence-electron chi connectivity index (χ4n) is 1.44. The molecule has 0 unspecified atom stereocenters. The summed E-state index contributed by atoms with van der Waals surface area (Å²) < 4.78 is 0. The molecule has 1 heteroatoms. The number of nitrogens with one attached hydrogen (secondary N) is 1. The van der Waals surface area contributed by atoms with Crippen molar-refractivity contribution in [1.82, 2.24) is 0 Å². The zero-order valence-corrected chi connectivity index (χ0v) is 7.94. The van der Waals surface area contributed by atoms with Crippen LogP contribution in [-0.4, -0.2) is 7.05 Å². The van der Waals surface area contributed by atoms with Gasteiger partial charge in [0.15, 0.2) is 0 Å². The fourth-order valence-corrected chi connectivity index (χ4v) is 1.44. The van der Waals surface area contributed by atoms with E-state index in [9.17, 15) is 0 Å². The molecule has 0 radical (unpaired) electrons. The van der Waals surface area contributed by atoms with E-state index in [1.54, 1.807) is 0 Å². The van der Waals surface area contributed by atoms with Gasteiger partial charge in [-0.15, -0.1) is 0 Å². The van der Waals surface area contributed by atoms with Crippen LogP contribution in [0.15, 0.2) is 24.8 Å². The SMILES string of the molecule is C=C(C)c1c(C)cccc1NC. The highest BCUT2D eigenvalue weighted by atomic mass is 14.8. The lowest BCUT2D eigenvalue weighted by Gasteiger charge is -2.11. The van der Waals surface area contributed by atoms with Crippen LogP contribution in [0.5, 0.6) is 0 Å². The van der Waals surface area contributed by atoms with Gasteiger partial charge >= 0.3 is 0 Å². The zero-order valence-electron chi connectivity index (χ0n) is 7.94. The van der Waals surface area contributed by atoms with Crippen LogP contribution < -0.4 is 5.32 Å². The molecule has 0 bridgehead atoms. The molecule has 64 valence electrons. The minimum Gasteiger partial charge on any atom is -0.388 e. The van der Waals surface area contributed by atoms with Crippen LogP contribution in [0, 0.1) is 6.92 Å². The van der Waals surface area contributed by atoms with Gasteiger partial charge in [-0.3, -0.25) is 0 Å². The Morgan fingerprint density at radius 1 is 1.42 bits per heavy atom. The van der Waals surface area contributed by atoms with E-state index in [0.717, 1.165) is 11.3 Å². The first-order chi connectivity index (χ1) is 5.66. The Labute approximate surface area is 74.1 Å². The van der Waals surface area contributed by atoms with Crippen molar-refractivity contribution in [3.63, 3.8) is 0 Å². The Kier molecular flexibility index (Phi) is 2.54. The van der Waals surface area contributed by atoms with E-state index in [1.807, 2.05) is 20.0 Å². The second-order valence-corrected chi connectivity index (χ2v) is 3.03. The van der Waals surface area contributed by atoms with E-state index in [-0.39, 0.29) is 0 Å². The van der Waals surface area contributed by atoms with Crippen molar-refractivity contribution >= 4 is 11.3 Å². The lowest BCUT2D eigenvalue weighted by Crippen LogP contribution is -1.95. The summed E-state index contributed by atoms with van der Waals surface area (Å²) in [4.78, 5) is 0. The number of hydrogen-bond donors (Lipinski definition) is 1. The van der Waals surface area contributed by atoms with Crippen LogP contribution >= 0.6 is 0 Å². The summed E-state index contributed by atoms with van der Waals surface area (Å²) in [6, 6.07) is 6.22. The molecule has 1 nitrogen and oxygen atoms in total. The normalized spacial score (nSPS) is 9.58. The predicted octanol–water partition coefficient (Wildman–Crippen LogP) is 3.07. The molecule has 1 N–H and O–H groups in total. The van der Waals surface area contributed by atoms with Gasteiger partial charge in [-0.25, -0.2) is 0 Å². The van der Waals surface area contributed by atoms with E-state index >= 15 is 0 Å². The summed E-state index contributed by atoms with van der Waals surface area (Å²) in [6.45, 7) is 8.09. The van der Waals surface area contributed by atoms with Gasteiger partial charge in [0.2, 0.25) is 0 Å². The van der Waals surface area contributed by atoms with Gasteiger partial charge < -0.3 is 5.32 Å². The summed E-state index contributed by atoms with van der Waals surface area (Å²) in [5.41, 5.74) is 4.77. The first-order valence-electron chi connectivity index (χ1n) is 4.10. The van der Waals surface area contributed by atoms with Gasteiger partial charge in [0.1, 0.15) is 0 Å². The Hall–Kier alpha value is -1.24. The van der Waals surface area contributed by atoms with Gasteiger partial charge in [-0.2, -0.15) is 0 Å². The van der Waals surface area contributed by atoms with Crippen LogP contribution in [0.2, 0.25) is 0 Å². The van der Waals surface area contributed by atoms with Gasteiger partial charge in [-0.1, -0.05) is 18.7 Å². The van der Waals surface area contributed by atoms with Gasteiger partial charge in [0.05, 0.1) is 0 Å². The monoisotopic (exact) mass is 161 g/mol. The maximum atomic E-state index is 3.95. The summed E-state index contributed by atoms with van der Waals surface area (Å²) >= 11 is 0. The van der Waals surface area contributed by atoms with E-state index in [4.69, 9.17) is 0 Å². The molecule has 0 spiro atoms. The number of anilines is 1. The van der Waals surface area contributed by atoms with Crippen LogP contribution in [0.3, 0.4) is 0 Å². The van der Waals surface area contributed by atoms with Crippen molar-refractivity contribution in [1.29, 1.82) is 0 Å². The third-order valence-electron chi connectivity index (χ3n) is 1.97. The number of benzene rings is 1. The highest BCUT2D eigenvalue weighted by molar-refractivity contribution is 5.76. The van der Waals surface area contributed by atoms with Crippen LogP contribution in [-0.2, 0) is 0 Å². The zero-order chi connectivity index (χ0) is 9.14. The third kappa shape index (κ3) is 1.50. The number of hydrogen-bond acceptors (Lipinski definition) is 1. The molecule has 0 aliphatic rings. The molecule has 1 aromatic rings. The van der Waals surface area contributed by atoms with Gasteiger partial charge in [0, 0.05) is 18.3 Å². The van der Waals surface area contributed by atoms with Crippen LogP contribution in [0.4, 0.5) is 5.69 Å². The summed E-state index contributed by atoms with van der Waals surface area (Å²) in [7, 11) is 1.93. The third-order valence-corrected chi connectivity index (χ3v) is 1.97. The molecule has 1 rings (SSSR count). The Morgan fingerprint density at radius 2 is 2.08 bits per heavy atom. The number of allylic oxidation sites excluding steroid dienone is 1. The van der Waals surface area contributed by atoms with E-state index in [2.05, 4.69) is 31.0 Å². The van der Waals surface area contributed by atoms with Crippen molar-refractivity contribution in [3.8, 4) is 0 Å². The van der Waals surface area contributed by atoms with Gasteiger partial charge in [-0.05, 0) is 31.1 Å². The molecule has 0 amide bonds. The van der Waals surface area contributed by atoms with Crippen molar-refractivity contribution < 1.29 is 0 Å². The van der Waals surface area contributed by atoms with Gasteiger partial charge in [0.25, 0.3) is 0 Å². The smallest absolute Gasteiger partial charge is 0.0416 e. The minimum atomic E-state index is 1.11. The highest BCUT2D eigenvalue weighted by Gasteiger charge is 2.03. The first kappa shape index (κ1) is 8.85. The Morgan fingerprint density at radius 3 is 2.50 bits per heavy atom. The van der Waals surface area contributed by atoms with Crippen LogP contribution in [0.25, 0.3) is 5.57 Å². The maximum absolute atomic E-state index is 3.95. The Bertz CT molecular complexity index is 300. The molecule has 0 fully saturated rings. The quantitative estimate of drug-likeness (QED) is 0.703. The van der Waals surface area contributed by atoms with Crippen molar-refractivity contribution in [2.24, 2.45) is 0 Å². The molecule has 0 aliphatic heterocycles. The molecule has 0 atom stereocenters. The second kappa shape index (κ2) is 3.44. The van der Waals surface area contributed by atoms with E-state index in [0.29, 0.717) is 0 Å². The van der Waals surface area contributed by atoms with E-state index in [1.165, 1.54) is 11.1 Å². The molecular weight excluding hydrogens is 146 g/mol. The summed E-state index contributed by atoms with van der Waals surface area (Å²) in [5.74, 6) is 0. The standard InChI is InChI=1S/C11H15N/c1-8(2)11-9(3)6-5-7-10(11)12-4/h5-7,12H,1H2,2-4H3. The highest BCUT2D eigenvalue weighted by Crippen LogP contribution is 2.25. The summed E-state index contributed by atoms with van der Waals surface area (Å²) in [6.07, 6.45) is 0. The lowest BCUT2D eigenvalue weighted by molar-refractivity contribution is 1.38. The maximum Gasteiger partial charge on any atom is 0.0416 e. The van der Waals surface area contributed by atoms with E-state index < -0.39 is 0 Å². The molecule has 0 saturated heterocycles. The predicted molar refractivity (Wildman–Crippen MR) is 55.4 cm³/mol. The van der Waals surface area contributed by atoms with Crippen molar-refractivity contribution in [2.45, 2.75) is 13.8 Å². The van der Waals surface area contributed by atoms with Crippen LogP contribution in [0.1, 0.15) is 18.1 Å². The second-order valence-electron chi connectivity index (χ2n) is 3.03. The average Bonchev–Trinajstić information content (AvgIpc) is 2.03.